The number of hydrogen-bond donors (Lipinski definition) is 5. The number of rotatable bonds is 22. The van der Waals surface area contributed by atoms with Gasteiger partial charge < -0.3 is 31.3 Å². The molecule has 11 heteroatoms. The molecule has 0 bridgehead atoms. The van der Waals surface area contributed by atoms with E-state index in [0.29, 0.717) is 56.2 Å². The highest BCUT2D eigenvalue weighted by molar-refractivity contribution is 6.09. The molecule has 0 saturated carbocycles. The van der Waals surface area contributed by atoms with Gasteiger partial charge in [0.15, 0.2) is 5.78 Å². The summed E-state index contributed by atoms with van der Waals surface area (Å²) in [5, 5.41) is 14.1. The van der Waals surface area contributed by atoms with E-state index >= 15 is 0 Å². The molecule has 0 fully saturated rings. The van der Waals surface area contributed by atoms with Crippen molar-refractivity contribution in [2.45, 2.75) is 90.9 Å². The predicted molar refractivity (Wildman–Crippen MR) is 176 cm³/mol. The van der Waals surface area contributed by atoms with E-state index in [2.05, 4.69) is 33.5 Å². The van der Waals surface area contributed by atoms with E-state index < -0.39 is 11.8 Å². The molecule has 11 nitrogen and oxygen atoms in total. The second-order valence-corrected chi connectivity index (χ2v) is 11.3. The van der Waals surface area contributed by atoms with Crippen LogP contribution >= 0.6 is 0 Å². The van der Waals surface area contributed by atoms with Gasteiger partial charge >= 0.3 is 6.03 Å². The van der Waals surface area contributed by atoms with Crippen molar-refractivity contribution in [3.8, 4) is 0 Å². The monoisotopic (exact) mass is 627 g/mol. The Morgan fingerprint density at radius 2 is 1.51 bits per heavy atom. The summed E-state index contributed by atoms with van der Waals surface area (Å²) >= 11 is 0. The van der Waals surface area contributed by atoms with E-state index in [9.17, 15) is 24.0 Å². The number of allylic oxidation sites excluding steroid dienone is 2. The molecule has 1 aromatic carbocycles. The lowest BCUT2D eigenvalue weighted by molar-refractivity contribution is -0.127. The number of unbranched alkanes of at least 4 members (excludes halogenated alkanes) is 1. The standard InChI is InChI=1S/C34H53N5O6/c1-4-11-25(30(40)5-2)12-8-9-19-37-34(44)38-20-10-22-45-23-21-36-31(41)24-32(42)39-27-17-15-26(16-18-27)33(43)28-13-6-7-14-29(28)35-3/h15-18,25,35H,4-14,19-24H2,1-3H3,(H,36,41)(H,39,42)(H2,37,38,44). The molecule has 0 aliphatic heterocycles. The molecule has 1 aromatic rings. The van der Waals surface area contributed by atoms with Gasteiger partial charge in [0.25, 0.3) is 0 Å². The zero-order valence-electron chi connectivity index (χ0n) is 27.4. The Labute approximate surface area is 268 Å². The number of urea groups is 1. The first-order valence-electron chi connectivity index (χ1n) is 16.5. The lowest BCUT2D eigenvalue weighted by Gasteiger charge is -2.19. The van der Waals surface area contributed by atoms with Crippen LogP contribution in [-0.2, 0) is 19.1 Å². The maximum Gasteiger partial charge on any atom is 0.314 e. The number of carbonyl (C=O) groups is 5. The van der Waals surface area contributed by atoms with Gasteiger partial charge in [0.1, 0.15) is 12.2 Å². The van der Waals surface area contributed by atoms with E-state index in [4.69, 9.17) is 4.74 Å². The summed E-state index contributed by atoms with van der Waals surface area (Å²) < 4.78 is 5.49. The number of ether oxygens (including phenoxy) is 1. The number of ketones is 2. The summed E-state index contributed by atoms with van der Waals surface area (Å²) in [6, 6.07) is 6.49. The van der Waals surface area contributed by atoms with Crippen LogP contribution in [0.25, 0.3) is 0 Å². The van der Waals surface area contributed by atoms with Crippen molar-refractivity contribution in [3.63, 3.8) is 0 Å². The summed E-state index contributed by atoms with van der Waals surface area (Å²) in [4.78, 5) is 61.2. The largest absolute Gasteiger partial charge is 0.391 e. The van der Waals surface area contributed by atoms with Gasteiger partial charge in [-0.15, -0.1) is 0 Å². The average Bonchev–Trinajstić information content (AvgIpc) is 3.04. The van der Waals surface area contributed by atoms with Crippen molar-refractivity contribution in [1.82, 2.24) is 21.3 Å². The number of nitrogens with one attached hydrogen (secondary N) is 5. The van der Waals surface area contributed by atoms with Gasteiger partial charge in [-0.3, -0.25) is 19.2 Å². The first-order chi connectivity index (χ1) is 21.8. The van der Waals surface area contributed by atoms with Crippen LogP contribution in [0.5, 0.6) is 0 Å². The van der Waals surface area contributed by atoms with Gasteiger partial charge in [-0.05, 0) is 75.6 Å². The minimum Gasteiger partial charge on any atom is -0.391 e. The highest BCUT2D eigenvalue weighted by Crippen LogP contribution is 2.26. The van der Waals surface area contributed by atoms with E-state index in [1.54, 1.807) is 24.3 Å². The number of carbonyl (C=O) groups excluding carboxylic acids is 5. The third-order valence-corrected chi connectivity index (χ3v) is 7.82. The van der Waals surface area contributed by atoms with Crippen LogP contribution < -0.4 is 26.6 Å². The highest BCUT2D eigenvalue weighted by atomic mass is 16.5. The predicted octanol–water partition coefficient (Wildman–Crippen LogP) is 4.63. The average molecular weight is 628 g/mol. The quantitative estimate of drug-likeness (QED) is 0.0713. The summed E-state index contributed by atoms with van der Waals surface area (Å²) in [5.41, 5.74) is 2.90. The minimum absolute atomic E-state index is 0.000602. The smallest absolute Gasteiger partial charge is 0.314 e. The van der Waals surface area contributed by atoms with Crippen LogP contribution in [0, 0.1) is 5.92 Å². The molecule has 0 radical (unpaired) electrons. The van der Waals surface area contributed by atoms with E-state index in [1.165, 1.54) is 0 Å². The fraction of sp³-hybridized carbons (Fsp3) is 0.618. The Balaban J connectivity index is 1.50. The highest BCUT2D eigenvalue weighted by Gasteiger charge is 2.20. The Hall–Kier alpha value is -3.73. The second-order valence-electron chi connectivity index (χ2n) is 11.3. The van der Waals surface area contributed by atoms with Crippen LogP contribution in [0.3, 0.4) is 0 Å². The molecule has 0 aromatic heterocycles. The van der Waals surface area contributed by atoms with Crippen LogP contribution in [-0.4, -0.2) is 69.3 Å². The SMILES string of the molecule is CCCC(CCCCNC(=O)NCCCOCCNC(=O)CC(=O)Nc1ccc(C(=O)C2=C(NC)CCCC2)cc1)C(=O)CC. The fourth-order valence-corrected chi connectivity index (χ4v) is 5.35. The van der Waals surface area contributed by atoms with Crippen molar-refractivity contribution < 1.29 is 28.7 Å². The maximum atomic E-state index is 12.9. The van der Waals surface area contributed by atoms with Gasteiger partial charge in [0.2, 0.25) is 11.8 Å². The number of hydrogen-bond acceptors (Lipinski definition) is 7. The molecular weight excluding hydrogens is 574 g/mol. The molecule has 1 aliphatic carbocycles. The minimum atomic E-state index is -0.448. The first kappa shape index (κ1) is 37.5. The number of Topliss-reactive ketones (excluding diaryl/α,β-unsaturated/α-hetero) is 2. The zero-order chi connectivity index (χ0) is 32.9. The third-order valence-electron chi connectivity index (χ3n) is 7.82. The number of anilines is 1. The van der Waals surface area contributed by atoms with E-state index in [-0.39, 0.29) is 30.7 Å². The van der Waals surface area contributed by atoms with Crippen LogP contribution in [0.15, 0.2) is 35.5 Å². The zero-order valence-corrected chi connectivity index (χ0v) is 27.4. The maximum absolute atomic E-state index is 12.9. The van der Waals surface area contributed by atoms with E-state index in [0.717, 1.165) is 69.1 Å². The molecule has 4 amide bonds. The third kappa shape index (κ3) is 14.7. The molecule has 1 aliphatic rings. The molecule has 0 heterocycles. The van der Waals surface area contributed by atoms with Crippen LogP contribution in [0.1, 0.15) is 101 Å². The van der Waals surface area contributed by atoms with Crippen molar-refractivity contribution in [1.29, 1.82) is 0 Å². The van der Waals surface area contributed by atoms with E-state index in [1.807, 2.05) is 14.0 Å². The Morgan fingerprint density at radius 1 is 0.800 bits per heavy atom. The molecule has 0 spiro atoms. The summed E-state index contributed by atoms with van der Waals surface area (Å²) in [5.74, 6) is -0.383. The molecule has 0 saturated heterocycles. The normalized spacial score (nSPS) is 13.5. The van der Waals surface area contributed by atoms with Crippen molar-refractivity contribution in [2.75, 3.05) is 45.2 Å². The molecule has 2 rings (SSSR count). The lowest BCUT2D eigenvalue weighted by atomic mass is 9.90. The Kier molecular flexibility index (Phi) is 18.2. The van der Waals surface area contributed by atoms with Crippen molar-refractivity contribution >= 4 is 35.1 Å². The number of benzene rings is 1. The molecule has 5 N–H and O–H groups in total. The van der Waals surface area contributed by atoms with Gasteiger partial charge in [-0.1, -0.05) is 26.7 Å². The molecular formula is C34H53N5O6. The molecule has 1 atom stereocenters. The fourth-order valence-electron chi connectivity index (χ4n) is 5.35. The van der Waals surface area contributed by atoms with Gasteiger partial charge in [0.05, 0.1) is 6.61 Å². The van der Waals surface area contributed by atoms with Gasteiger partial charge in [-0.2, -0.15) is 0 Å². The van der Waals surface area contributed by atoms with Crippen molar-refractivity contribution in [2.24, 2.45) is 5.92 Å². The summed E-state index contributed by atoms with van der Waals surface area (Å²) in [6.45, 7) is 6.03. The van der Waals surface area contributed by atoms with Crippen LogP contribution in [0.4, 0.5) is 10.5 Å². The summed E-state index contributed by atoms with van der Waals surface area (Å²) in [7, 11) is 1.84. The molecule has 45 heavy (non-hydrogen) atoms. The molecule has 250 valence electrons. The Morgan fingerprint density at radius 3 is 2.20 bits per heavy atom. The van der Waals surface area contributed by atoms with Gasteiger partial charge in [-0.25, -0.2) is 4.79 Å². The summed E-state index contributed by atoms with van der Waals surface area (Å²) in [6.07, 6.45) is 9.17. The second kappa shape index (κ2) is 21.9. The molecule has 1 unspecified atom stereocenters. The topological polar surface area (TPSA) is 155 Å². The van der Waals surface area contributed by atoms with Crippen LogP contribution in [0.2, 0.25) is 0 Å². The lowest BCUT2D eigenvalue weighted by Crippen LogP contribution is -2.37. The number of amides is 4. The van der Waals surface area contributed by atoms with Crippen molar-refractivity contribution in [3.05, 3.63) is 41.1 Å². The van der Waals surface area contributed by atoms with Gasteiger partial charge in [0, 0.05) is 68.1 Å². The first-order valence-corrected chi connectivity index (χ1v) is 16.5. The Bertz CT molecular complexity index is 1130.